The summed E-state index contributed by atoms with van der Waals surface area (Å²) < 4.78 is 4.97. The van der Waals surface area contributed by atoms with Crippen LogP contribution in [-0.2, 0) is 4.74 Å². The highest BCUT2D eigenvalue weighted by molar-refractivity contribution is 5.89. The summed E-state index contributed by atoms with van der Waals surface area (Å²) in [5, 5.41) is 0. The molecular formula is C16H26N2O2. The van der Waals surface area contributed by atoms with Crippen LogP contribution in [0, 0.1) is 0 Å². The molecular weight excluding hydrogens is 252 g/mol. The van der Waals surface area contributed by atoms with E-state index < -0.39 is 0 Å². The quantitative estimate of drug-likeness (QED) is 0.681. The topological polar surface area (TPSA) is 42.4 Å². The molecule has 1 aromatic rings. The molecule has 1 aromatic heterocycles. The largest absolute Gasteiger partial charge is 0.462 e. The van der Waals surface area contributed by atoms with Crippen LogP contribution in [0.1, 0.15) is 57.3 Å². The first-order valence-corrected chi connectivity index (χ1v) is 7.53. The Morgan fingerprint density at radius 2 is 2.10 bits per heavy atom. The van der Waals surface area contributed by atoms with Gasteiger partial charge in [0.15, 0.2) is 0 Å². The Morgan fingerprint density at radius 3 is 2.60 bits per heavy atom. The minimum absolute atomic E-state index is 0.310. The van der Waals surface area contributed by atoms with Crippen LogP contribution < -0.4 is 4.90 Å². The molecule has 0 fully saturated rings. The van der Waals surface area contributed by atoms with E-state index in [1.807, 2.05) is 6.07 Å². The zero-order valence-electron chi connectivity index (χ0n) is 13.1. The lowest BCUT2D eigenvalue weighted by atomic mass is 10.2. The van der Waals surface area contributed by atoms with Gasteiger partial charge in [0.2, 0.25) is 0 Å². The molecule has 0 aliphatic carbocycles. The third kappa shape index (κ3) is 4.51. The number of nitrogens with zero attached hydrogens (tertiary/aromatic N) is 2. The van der Waals surface area contributed by atoms with E-state index in [1.165, 1.54) is 0 Å². The van der Waals surface area contributed by atoms with E-state index in [4.69, 9.17) is 4.74 Å². The van der Waals surface area contributed by atoms with E-state index >= 15 is 0 Å². The van der Waals surface area contributed by atoms with Crippen molar-refractivity contribution in [1.82, 2.24) is 4.98 Å². The maximum absolute atomic E-state index is 11.6. The summed E-state index contributed by atoms with van der Waals surface area (Å²) in [7, 11) is 0. The number of ether oxygens (including phenoxy) is 1. The van der Waals surface area contributed by atoms with E-state index in [-0.39, 0.29) is 5.97 Å². The van der Waals surface area contributed by atoms with Gasteiger partial charge in [0, 0.05) is 18.8 Å². The van der Waals surface area contributed by atoms with Crippen molar-refractivity contribution in [3.05, 3.63) is 23.9 Å². The van der Waals surface area contributed by atoms with Gasteiger partial charge in [-0.05, 0) is 38.8 Å². The number of esters is 1. The van der Waals surface area contributed by atoms with Crippen molar-refractivity contribution in [1.29, 1.82) is 0 Å². The Hall–Kier alpha value is -1.58. The number of pyridine rings is 1. The SMILES string of the molecule is CCCCN(c1ccc(C(=O)OCC)cn1)C(C)CC. The first-order chi connectivity index (χ1) is 9.63. The normalized spacial score (nSPS) is 12.0. The summed E-state index contributed by atoms with van der Waals surface area (Å²) >= 11 is 0. The van der Waals surface area contributed by atoms with Gasteiger partial charge >= 0.3 is 5.97 Å². The smallest absolute Gasteiger partial charge is 0.339 e. The second-order valence-corrected chi connectivity index (χ2v) is 4.93. The molecule has 0 N–H and O–H groups in total. The van der Waals surface area contributed by atoms with Crippen molar-refractivity contribution in [2.24, 2.45) is 0 Å². The zero-order chi connectivity index (χ0) is 15.0. The van der Waals surface area contributed by atoms with Crippen LogP contribution in [0.3, 0.4) is 0 Å². The molecule has 1 heterocycles. The summed E-state index contributed by atoms with van der Waals surface area (Å²) in [6, 6.07) is 4.15. The molecule has 0 aromatic carbocycles. The van der Waals surface area contributed by atoms with Crippen LogP contribution in [0.4, 0.5) is 5.82 Å². The molecule has 0 bridgehead atoms. The van der Waals surface area contributed by atoms with Crippen molar-refractivity contribution in [3.63, 3.8) is 0 Å². The Morgan fingerprint density at radius 1 is 1.35 bits per heavy atom. The Kier molecular flexibility index (Phi) is 7.05. The second kappa shape index (κ2) is 8.56. The van der Waals surface area contributed by atoms with Gasteiger partial charge in [0.25, 0.3) is 0 Å². The van der Waals surface area contributed by atoms with Gasteiger partial charge in [-0.25, -0.2) is 9.78 Å². The Balaban J connectivity index is 2.84. The third-order valence-electron chi connectivity index (χ3n) is 3.43. The predicted molar refractivity (Wildman–Crippen MR) is 82.2 cm³/mol. The van der Waals surface area contributed by atoms with E-state index in [0.29, 0.717) is 18.2 Å². The molecule has 4 heteroatoms. The number of hydrogen-bond acceptors (Lipinski definition) is 4. The van der Waals surface area contributed by atoms with Crippen molar-refractivity contribution in [2.45, 2.75) is 53.0 Å². The average molecular weight is 278 g/mol. The summed E-state index contributed by atoms with van der Waals surface area (Å²) in [6.07, 6.45) is 4.99. The van der Waals surface area contributed by atoms with E-state index in [0.717, 1.165) is 31.6 Å². The van der Waals surface area contributed by atoms with Crippen molar-refractivity contribution >= 4 is 11.8 Å². The number of rotatable bonds is 8. The lowest BCUT2D eigenvalue weighted by molar-refractivity contribution is 0.0526. The molecule has 0 spiro atoms. The molecule has 0 saturated carbocycles. The summed E-state index contributed by atoms with van der Waals surface area (Å²) in [5.41, 5.74) is 0.509. The Labute approximate surface area is 122 Å². The molecule has 1 atom stereocenters. The number of aromatic nitrogens is 1. The van der Waals surface area contributed by atoms with E-state index in [1.54, 1.807) is 19.2 Å². The highest BCUT2D eigenvalue weighted by Gasteiger charge is 2.14. The molecule has 0 aliphatic heterocycles. The summed E-state index contributed by atoms with van der Waals surface area (Å²) in [4.78, 5) is 18.3. The number of hydrogen-bond donors (Lipinski definition) is 0. The van der Waals surface area contributed by atoms with Gasteiger partial charge in [-0.1, -0.05) is 20.3 Å². The van der Waals surface area contributed by atoms with Crippen molar-refractivity contribution in [3.8, 4) is 0 Å². The van der Waals surface area contributed by atoms with Crippen LogP contribution in [0.5, 0.6) is 0 Å². The maximum atomic E-state index is 11.6. The van der Waals surface area contributed by atoms with Gasteiger partial charge in [-0.2, -0.15) is 0 Å². The number of carbonyl (C=O) groups is 1. The lowest BCUT2D eigenvalue weighted by Crippen LogP contribution is -2.34. The van der Waals surface area contributed by atoms with Crippen LogP contribution in [0.2, 0.25) is 0 Å². The molecule has 0 radical (unpaired) electrons. The minimum Gasteiger partial charge on any atom is -0.462 e. The first kappa shape index (κ1) is 16.5. The van der Waals surface area contributed by atoms with Crippen molar-refractivity contribution in [2.75, 3.05) is 18.1 Å². The molecule has 0 amide bonds. The molecule has 4 nitrogen and oxygen atoms in total. The second-order valence-electron chi connectivity index (χ2n) is 4.93. The van der Waals surface area contributed by atoms with E-state index in [9.17, 15) is 4.79 Å². The molecule has 20 heavy (non-hydrogen) atoms. The molecule has 0 aliphatic rings. The number of unbranched alkanes of at least 4 members (excludes halogenated alkanes) is 1. The predicted octanol–water partition coefficient (Wildman–Crippen LogP) is 3.66. The monoisotopic (exact) mass is 278 g/mol. The molecule has 1 rings (SSSR count). The summed E-state index contributed by atoms with van der Waals surface area (Å²) in [6.45, 7) is 9.75. The van der Waals surface area contributed by atoms with Crippen LogP contribution >= 0.6 is 0 Å². The fourth-order valence-electron chi connectivity index (χ4n) is 2.00. The van der Waals surface area contributed by atoms with Gasteiger partial charge < -0.3 is 9.64 Å². The van der Waals surface area contributed by atoms with Gasteiger partial charge in [-0.15, -0.1) is 0 Å². The van der Waals surface area contributed by atoms with Gasteiger partial charge in [-0.3, -0.25) is 0 Å². The fraction of sp³-hybridized carbons (Fsp3) is 0.625. The van der Waals surface area contributed by atoms with Crippen molar-refractivity contribution < 1.29 is 9.53 Å². The highest BCUT2D eigenvalue weighted by atomic mass is 16.5. The maximum Gasteiger partial charge on any atom is 0.339 e. The molecule has 1 unspecified atom stereocenters. The van der Waals surface area contributed by atoms with E-state index in [2.05, 4.69) is 30.7 Å². The average Bonchev–Trinajstić information content (AvgIpc) is 2.48. The van der Waals surface area contributed by atoms with Gasteiger partial charge in [0.1, 0.15) is 5.82 Å². The molecule has 112 valence electrons. The fourth-order valence-corrected chi connectivity index (χ4v) is 2.00. The molecule has 0 saturated heterocycles. The minimum atomic E-state index is -0.310. The van der Waals surface area contributed by atoms with Gasteiger partial charge in [0.05, 0.1) is 12.2 Å². The summed E-state index contributed by atoms with van der Waals surface area (Å²) in [5.74, 6) is 0.621. The zero-order valence-corrected chi connectivity index (χ0v) is 13.1. The van der Waals surface area contributed by atoms with Crippen LogP contribution in [0.25, 0.3) is 0 Å². The number of anilines is 1. The lowest BCUT2D eigenvalue weighted by Gasteiger charge is -2.29. The highest BCUT2D eigenvalue weighted by Crippen LogP contribution is 2.17. The Bertz CT molecular complexity index is 403. The third-order valence-corrected chi connectivity index (χ3v) is 3.43. The number of carbonyl (C=O) groups excluding carboxylic acids is 1. The van der Waals surface area contributed by atoms with Crippen LogP contribution in [0.15, 0.2) is 18.3 Å². The first-order valence-electron chi connectivity index (χ1n) is 7.53. The standard InChI is InChI=1S/C16H26N2O2/c1-5-8-11-18(13(4)6-2)15-10-9-14(12-17-15)16(19)20-7-3/h9-10,12-13H,5-8,11H2,1-4H3. The van der Waals surface area contributed by atoms with Crippen LogP contribution in [-0.4, -0.2) is 30.1 Å².